The van der Waals surface area contributed by atoms with Crippen molar-refractivity contribution in [3.05, 3.63) is 11.8 Å². The predicted octanol–water partition coefficient (Wildman–Crippen LogP) is 0.644. The number of rotatable bonds is 6. The van der Waals surface area contributed by atoms with E-state index in [1.54, 1.807) is 6.92 Å². The maximum atomic E-state index is 9.10. The summed E-state index contributed by atoms with van der Waals surface area (Å²) in [5.41, 5.74) is 3.26. The first kappa shape index (κ1) is 12.7. The van der Waals surface area contributed by atoms with E-state index < -0.39 is 0 Å². The summed E-state index contributed by atoms with van der Waals surface area (Å²) < 4.78 is 0. The van der Waals surface area contributed by atoms with Crippen molar-refractivity contribution in [2.45, 2.75) is 32.8 Å². The Morgan fingerprint density at radius 1 is 1.50 bits per heavy atom. The molecule has 0 saturated heterocycles. The van der Waals surface area contributed by atoms with E-state index in [0.29, 0.717) is 5.95 Å². The van der Waals surface area contributed by atoms with Gasteiger partial charge in [0.1, 0.15) is 5.82 Å². The van der Waals surface area contributed by atoms with E-state index >= 15 is 0 Å². The van der Waals surface area contributed by atoms with Crippen molar-refractivity contribution in [1.82, 2.24) is 9.97 Å². The standard InChI is InChI=1S/C10H19N5O/c1-7-6-9(14-10(13-7)15-11)12-5-3-4-8(2)16/h6,8,16H,3-5,11H2,1-2H3,(H2,12,13,14,15). The zero-order chi connectivity index (χ0) is 12.0. The summed E-state index contributed by atoms with van der Waals surface area (Å²) in [6.07, 6.45) is 1.42. The van der Waals surface area contributed by atoms with Crippen LogP contribution in [-0.2, 0) is 0 Å². The van der Waals surface area contributed by atoms with Crippen molar-refractivity contribution in [2.24, 2.45) is 5.84 Å². The van der Waals surface area contributed by atoms with Gasteiger partial charge >= 0.3 is 0 Å². The lowest BCUT2D eigenvalue weighted by Crippen LogP contribution is -2.13. The van der Waals surface area contributed by atoms with Crippen LogP contribution in [0.5, 0.6) is 0 Å². The van der Waals surface area contributed by atoms with Crippen molar-refractivity contribution in [3.63, 3.8) is 0 Å². The quantitative estimate of drug-likeness (QED) is 0.322. The summed E-state index contributed by atoms with van der Waals surface area (Å²) in [6.45, 7) is 4.43. The van der Waals surface area contributed by atoms with Gasteiger partial charge in [-0.05, 0) is 26.7 Å². The van der Waals surface area contributed by atoms with Gasteiger partial charge in [0.2, 0.25) is 5.95 Å². The third-order valence-corrected chi connectivity index (χ3v) is 2.09. The van der Waals surface area contributed by atoms with Crippen molar-refractivity contribution in [1.29, 1.82) is 0 Å². The minimum absolute atomic E-state index is 0.254. The summed E-state index contributed by atoms with van der Waals surface area (Å²) in [4.78, 5) is 8.23. The van der Waals surface area contributed by atoms with E-state index in [-0.39, 0.29) is 6.10 Å². The molecule has 6 heteroatoms. The van der Waals surface area contributed by atoms with E-state index in [0.717, 1.165) is 30.9 Å². The Kier molecular flexibility index (Phi) is 4.94. The Morgan fingerprint density at radius 3 is 2.88 bits per heavy atom. The SMILES string of the molecule is Cc1cc(NCCCC(C)O)nc(NN)n1. The predicted molar refractivity (Wildman–Crippen MR) is 64.0 cm³/mol. The highest BCUT2D eigenvalue weighted by molar-refractivity contribution is 5.41. The molecule has 0 amide bonds. The fourth-order valence-electron chi connectivity index (χ4n) is 1.34. The molecule has 90 valence electrons. The van der Waals surface area contributed by atoms with Crippen molar-refractivity contribution in [3.8, 4) is 0 Å². The number of nitrogen functional groups attached to an aromatic ring is 1. The second kappa shape index (κ2) is 6.24. The summed E-state index contributed by atoms with van der Waals surface area (Å²) in [6, 6.07) is 1.85. The second-order valence-electron chi connectivity index (χ2n) is 3.78. The van der Waals surface area contributed by atoms with Crippen molar-refractivity contribution >= 4 is 11.8 Å². The average molecular weight is 225 g/mol. The molecule has 16 heavy (non-hydrogen) atoms. The number of nitrogens with zero attached hydrogens (tertiary/aromatic N) is 2. The topological polar surface area (TPSA) is 96.1 Å². The molecule has 0 aliphatic rings. The van der Waals surface area contributed by atoms with Gasteiger partial charge in [0.15, 0.2) is 0 Å². The number of aryl methyl sites for hydroxylation is 1. The van der Waals surface area contributed by atoms with Crippen LogP contribution in [0.4, 0.5) is 11.8 Å². The van der Waals surface area contributed by atoms with Crippen molar-refractivity contribution < 1.29 is 5.11 Å². The largest absolute Gasteiger partial charge is 0.393 e. The molecular formula is C10H19N5O. The van der Waals surface area contributed by atoms with Crippen LogP contribution in [0.3, 0.4) is 0 Å². The van der Waals surface area contributed by atoms with Gasteiger partial charge in [-0.2, -0.15) is 4.98 Å². The lowest BCUT2D eigenvalue weighted by molar-refractivity contribution is 0.183. The molecule has 0 saturated carbocycles. The van der Waals surface area contributed by atoms with Crippen LogP contribution in [0.1, 0.15) is 25.5 Å². The van der Waals surface area contributed by atoms with Crippen molar-refractivity contribution in [2.75, 3.05) is 17.3 Å². The summed E-state index contributed by atoms with van der Waals surface area (Å²) >= 11 is 0. The van der Waals surface area contributed by atoms with Crippen LogP contribution in [-0.4, -0.2) is 27.7 Å². The van der Waals surface area contributed by atoms with Crippen LogP contribution < -0.4 is 16.6 Å². The Labute approximate surface area is 95.3 Å². The summed E-state index contributed by atoms with van der Waals surface area (Å²) in [5.74, 6) is 6.39. The molecule has 1 atom stereocenters. The zero-order valence-electron chi connectivity index (χ0n) is 9.70. The molecule has 0 aliphatic heterocycles. The first-order valence-electron chi connectivity index (χ1n) is 5.36. The molecule has 0 spiro atoms. The molecule has 6 nitrogen and oxygen atoms in total. The molecule has 0 radical (unpaired) electrons. The summed E-state index contributed by atoms with van der Waals surface area (Å²) in [7, 11) is 0. The van der Waals surface area contributed by atoms with Crippen LogP contribution in [0, 0.1) is 6.92 Å². The number of nitrogens with one attached hydrogen (secondary N) is 2. The van der Waals surface area contributed by atoms with Gasteiger partial charge in [0.05, 0.1) is 6.10 Å². The molecular weight excluding hydrogens is 206 g/mol. The minimum atomic E-state index is -0.254. The molecule has 1 heterocycles. The first-order valence-corrected chi connectivity index (χ1v) is 5.36. The molecule has 5 N–H and O–H groups in total. The van der Waals surface area contributed by atoms with E-state index in [9.17, 15) is 0 Å². The Morgan fingerprint density at radius 2 is 2.25 bits per heavy atom. The molecule has 0 aromatic carbocycles. The number of hydrazine groups is 1. The fraction of sp³-hybridized carbons (Fsp3) is 0.600. The van der Waals surface area contributed by atoms with Crippen LogP contribution in [0.2, 0.25) is 0 Å². The number of aliphatic hydroxyl groups is 1. The fourth-order valence-corrected chi connectivity index (χ4v) is 1.34. The van der Waals surface area contributed by atoms with Gasteiger partial charge < -0.3 is 10.4 Å². The lowest BCUT2D eigenvalue weighted by Gasteiger charge is -2.08. The molecule has 0 bridgehead atoms. The normalized spacial score (nSPS) is 12.2. The smallest absolute Gasteiger partial charge is 0.239 e. The number of nitrogens with two attached hydrogens (primary N) is 1. The minimum Gasteiger partial charge on any atom is -0.393 e. The molecule has 0 fully saturated rings. The van der Waals surface area contributed by atoms with Gasteiger partial charge in [0.25, 0.3) is 0 Å². The highest BCUT2D eigenvalue weighted by Crippen LogP contribution is 2.08. The Hall–Kier alpha value is -1.40. The molecule has 0 aliphatic carbocycles. The molecule has 1 aromatic heterocycles. The van der Waals surface area contributed by atoms with Gasteiger partial charge in [-0.15, -0.1) is 0 Å². The number of aliphatic hydroxyl groups excluding tert-OH is 1. The third kappa shape index (κ3) is 4.41. The van der Waals surface area contributed by atoms with Gasteiger partial charge in [-0.3, -0.25) is 5.43 Å². The van der Waals surface area contributed by atoms with E-state index in [1.807, 2.05) is 13.0 Å². The molecule has 1 rings (SSSR count). The third-order valence-electron chi connectivity index (χ3n) is 2.09. The van der Waals surface area contributed by atoms with Gasteiger partial charge in [-0.25, -0.2) is 10.8 Å². The lowest BCUT2D eigenvalue weighted by atomic mass is 10.2. The number of aromatic nitrogens is 2. The first-order chi connectivity index (χ1) is 7.61. The molecule has 1 unspecified atom stereocenters. The van der Waals surface area contributed by atoms with Crippen LogP contribution in [0.15, 0.2) is 6.07 Å². The maximum Gasteiger partial charge on any atom is 0.239 e. The highest BCUT2D eigenvalue weighted by Gasteiger charge is 2.00. The maximum absolute atomic E-state index is 9.10. The number of hydrogen-bond acceptors (Lipinski definition) is 6. The Balaban J connectivity index is 2.44. The number of hydrogen-bond donors (Lipinski definition) is 4. The summed E-state index contributed by atoms with van der Waals surface area (Å²) in [5, 5.41) is 12.3. The van der Waals surface area contributed by atoms with E-state index in [1.165, 1.54) is 0 Å². The van der Waals surface area contributed by atoms with Crippen LogP contribution in [0.25, 0.3) is 0 Å². The van der Waals surface area contributed by atoms with Gasteiger partial charge in [0, 0.05) is 18.3 Å². The Bertz CT molecular complexity index is 329. The van der Waals surface area contributed by atoms with Crippen LogP contribution >= 0.6 is 0 Å². The molecule has 1 aromatic rings. The van der Waals surface area contributed by atoms with E-state index in [4.69, 9.17) is 10.9 Å². The van der Waals surface area contributed by atoms with Gasteiger partial charge in [-0.1, -0.05) is 0 Å². The van der Waals surface area contributed by atoms with E-state index in [2.05, 4.69) is 20.7 Å². The second-order valence-corrected chi connectivity index (χ2v) is 3.78. The number of anilines is 2. The zero-order valence-corrected chi connectivity index (χ0v) is 9.70. The average Bonchev–Trinajstić information content (AvgIpc) is 2.23. The monoisotopic (exact) mass is 225 g/mol. The highest BCUT2D eigenvalue weighted by atomic mass is 16.3.